The van der Waals surface area contributed by atoms with Crippen molar-refractivity contribution in [2.45, 2.75) is 13.5 Å². The molecule has 0 atom stereocenters. The summed E-state index contributed by atoms with van der Waals surface area (Å²) in [5.74, 6) is -0.384. The fourth-order valence-corrected chi connectivity index (χ4v) is 1.40. The number of benzene rings is 1. The summed E-state index contributed by atoms with van der Waals surface area (Å²) in [6.45, 7) is 2.01. The molecule has 0 aromatic heterocycles. The largest absolute Gasteiger partial charge is 0.463 e. The highest BCUT2D eigenvalue weighted by Gasteiger charge is 1.99. The molecule has 1 aromatic carbocycles. The summed E-state index contributed by atoms with van der Waals surface area (Å²) >= 11 is 5.90. The first-order chi connectivity index (χ1) is 7.67. The molecule has 0 aliphatic rings. The Kier molecular flexibility index (Phi) is 5.02. The fraction of sp³-hybridized carbons (Fsp3) is 0.250. The topological polar surface area (TPSA) is 46.5 Å². The van der Waals surface area contributed by atoms with Crippen LogP contribution in [0.1, 0.15) is 18.1 Å². The Balaban J connectivity index is 2.75. The summed E-state index contributed by atoms with van der Waals surface area (Å²) in [4.78, 5) is 11.0. The number of halogens is 1. The van der Waals surface area contributed by atoms with Crippen LogP contribution >= 0.6 is 11.6 Å². The lowest BCUT2D eigenvalue weighted by atomic mass is 10.1. The molecule has 0 saturated carbocycles. The third-order valence-electron chi connectivity index (χ3n) is 1.95. The van der Waals surface area contributed by atoms with Crippen LogP contribution in [0.3, 0.4) is 0 Å². The van der Waals surface area contributed by atoms with E-state index in [9.17, 15) is 4.79 Å². The van der Waals surface area contributed by atoms with E-state index in [0.29, 0.717) is 17.2 Å². The van der Waals surface area contributed by atoms with Crippen molar-refractivity contribution in [3.05, 3.63) is 40.4 Å². The Hall–Kier alpha value is -1.32. The van der Waals surface area contributed by atoms with Gasteiger partial charge in [-0.3, -0.25) is 0 Å². The van der Waals surface area contributed by atoms with E-state index in [4.69, 9.17) is 21.4 Å². The zero-order chi connectivity index (χ0) is 12.0. The predicted molar refractivity (Wildman–Crippen MR) is 63.0 cm³/mol. The monoisotopic (exact) mass is 240 g/mol. The lowest BCUT2D eigenvalue weighted by Crippen LogP contribution is -1.98. The molecule has 0 saturated heterocycles. The van der Waals surface area contributed by atoms with Gasteiger partial charge in [0.2, 0.25) is 0 Å². The van der Waals surface area contributed by atoms with Crippen molar-refractivity contribution in [3.63, 3.8) is 0 Å². The van der Waals surface area contributed by atoms with Gasteiger partial charge in [0.1, 0.15) is 0 Å². The minimum Gasteiger partial charge on any atom is -0.463 e. The number of hydrogen-bond acceptors (Lipinski definition) is 3. The third kappa shape index (κ3) is 3.68. The van der Waals surface area contributed by atoms with Crippen LogP contribution in [0.4, 0.5) is 0 Å². The molecular formula is C12H13ClO3. The first-order valence-corrected chi connectivity index (χ1v) is 5.29. The maximum absolute atomic E-state index is 11.0. The molecule has 0 unspecified atom stereocenters. The van der Waals surface area contributed by atoms with Gasteiger partial charge in [-0.25, -0.2) is 4.79 Å². The number of hydrogen-bond donors (Lipinski definition) is 1. The van der Waals surface area contributed by atoms with Gasteiger partial charge in [-0.15, -0.1) is 0 Å². The van der Waals surface area contributed by atoms with Crippen LogP contribution in [0.5, 0.6) is 0 Å². The summed E-state index contributed by atoms with van der Waals surface area (Å²) in [6.07, 6.45) is 2.96. The van der Waals surface area contributed by atoms with Gasteiger partial charge in [0, 0.05) is 11.1 Å². The number of carbonyl (C=O) groups excluding carboxylic acids is 1. The van der Waals surface area contributed by atoms with E-state index in [1.165, 1.54) is 6.08 Å². The molecule has 0 spiro atoms. The van der Waals surface area contributed by atoms with E-state index in [1.807, 2.05) is 0 Å². The summed E-state index contributed by atoms with van der Waals surface area (Å²) in [5.41, 5.74) is 1.45. The van der Waals surface area contributed by atoms with Crippen molar-refractivity contribution in [3.8, 4) is 0 Å². The lowest BCUT2D eigenvalue weighted by Gasteiger charge is -2.01. The van der Waals surface area contributed by atoms with E-state index in [2.05, 4.69) is 0 Å². The smallest absolute Gasteiger partial charge is 0.330 e. The van der Waals surface area contributed by atoms with Crippen LogP contribution in [0.2, 0.25) is 5.02 Å². The second-order valence-corrected chi connectivity index (χ2v) is 3.50. The molecule has 0 aliphatic heterocycles. The van der Waals surface area contributed by atoms with Gasteiger partial charge in [0.15, 0.2) is 0 Å². The van der Waals surface area contributed by atoms with E-state index < -0.39 is 0 Å². The van der Waals surface area contributed by atoms with Gasteiger partial charge < -0.3 is 9.84 Å². The molecule has 1 N–H and O–H groups in total. The molecule has 4 heteroatoms. The van der Waals surface area contributed by atoms with E-state index in [-0.39, 0.29) is 12.6 Å². The van der Waals surface area contributed by atoms with Gasteiger partial charge in [0.25, 0.3) is 0 Å². The minimum atomic E-state index is -0.384. The summed E-state index contributed by atoms with van der Waals surface area (Å²) in [7, 11) is 0. The van der Waals surface area contributed by atoms with E-state index in [1.54, 1.807) is 31.2 Å². The first-order valence-electron chi connectivity index (χ1n) is 4.91. The van der Waals surface area contributed by atoms with Crippen LogP contribution in [0.25, 0.3) is 6.08 Å². The molecule has 1 rings (SSSR count). The van der Waals surface area contributed by atoms with Crippen molar-refractivity contribution in [2.24, 2.45) is 0 Å². The van der Waals surface area contributed by atoms with Crippen LogP contribution in [-0.2, 0) is 16.1 Å². The summed E-state index contributed by atoms with van der Waals surface area (Å²) in [5, 5.41) is 9.40. The van der Waals surface area contributed by atoms with Crippen molar-refractivity contribution < 1.29 is 14.6 Å². The Morgan fingerprint density at radius 1 is 1.56 bits per heavy atom. The average Bonchev–Trinajstić information content (AvgIpc) is 2.27. The molecule has 0 radical (unpaired) electrons. The Morgan fingerprint density at radius 3 is 2.88 bits per heavy atom. The van der Waals surface area contributed by atoms with Crippen molar-refractivity contribution in [2.75, 3.05) is 6.61 Å². The molecular weight excluding hydrogens is 228 g/mol. The number of aliphatic hydroxyl groups excluding tert-OH is 1. The van der Waals surface area contributed by atoms with Gasteiger partial charge in [-0.1, -0.05) is 23.7 Å². The molecule has 0 aliphatic carbocycles. The Labute approximate surface area is 99.3 Å². The Bertz CT molecular complexity index is 399. The second kappa shape index (κ2) is 6.30. The highest BCUT2D eigenvalue weighted by Crippen LogP contribution is 2.18. The molecule has 0 bridgehead atoms. The Morgan fingerprint density at radius 2 is 2.31 bits per heavy atom. The summed E-state index contributed by atoms with van der Waals surface area (Å²) in [6, 6.07) is 5.17. The summed E-state index contributed by atoms with van der Waals surface area (Å²) < 4.78 is 4.74. The van der Waals surface area contributed by atoms with Crippen molar-refractivity contribution >= 4 is 23.6 Å². The van der Waals surface area contributed by atoms with Crippen LogP contribution in [0.15, 0.2) is 24.3 Å². The first kappa shape index (κ1) is 12.7. The molecule has 0 amide bonds. The third-order valence-corrected chi connectivity index (χ3v) is 2.30. The second-order valence-electron chi connectivity index (χ2n) is 3.09. The van der Waals surface area contributed by atoms with Gasteiger partial charge in [0.05, 0.1) is 13.2 Å². The van der Waals surface area contributed by atoms with Crippen molar-refractivity contribution in [1.82, 2.24) is 0 Å². The van der Waals surface area contributed by atoms with Crippen molar-refractivity contribution in [1.29, 1.82) is 0 Å². The zero-order valence-electron chi connectivity index (χ0n) is 8.94. The highest BCUT2D eigenvalue weighted by molar-refractivity contribution is 6.31. The predicted octanol–water partition coefficient (Wildman–Crippen LogP) is 2.41. The maximum Gasteiger partial charge on any atom is 0.330 e. The van der Waals surface area contributed by atoms with Crippen LogP contribution in [0, 0.1) is 0 Å². The molecule has 86 valence electrons. The van der Waals surface area contributed by atoms with Gasteiger partial charge >= 0.3 is 5.97 Å². The maximum atomic E-state index is 11.0. The molecule has 3 nitrogen and oxygen atoms in total. The SMILES string of the molecule is CCOC(=O)/C=C/c1ccc(CO)c(Cl)c1. The van der Waals surface area contributed by atoms with E-state index in [0.717, 1.165) is 5.56 Å². The van der Waals surface area contributed by atoms with Gasteiger partial charge in [-0.2, -0.15) is 0 Å². The molecule has 0 heterocycles. The number of aliphatic hydroxyl groups is 1. The van der Waals surface area contributed by atoms with Crippen LogP contribution in [-0.4, -0.2) is 17.7 Å². The van der Waals surface area contributed by atoms with Crippen LogP contribution < -0.4 is 0 Å². The average molecular weight is 241 g/mol. The highest BCUT2D eigenvalue weighted by atomic mass is 35.5. The lowest BCUT2D eigenvalue weighted by molar-refractivity contribution is -0.137. The zero-order valence-corrected chi connectivity index (χ0v) is 9.70. The number of rotatable bonds is 4. The molecule has 16 heavy (non-hydrogen) atoms. The number of carbonyl (C=O) groups is 1. The quantitative estimate of drug-likeness (QED) is 0.649. The molecule has 1 aromatic rings. The normalized spacial score (nSPS) is 10.7. The molecule has 0 fully saturated rings. The minimum absolute atomic E-state index is 0.0965. The fourth-order valence-electron chi connectivity index (χ4n) is 1.15. The standard InChI is InChI=1S/C12H13ClO3/c1-2-16-12(15)6-4-9-3-5-10(8-14)11(13)7-9/h3-7,14H,2,8H2,1H3/b6-4+. The number of esters is 1. The van der Waals surface area contributed by atoms with E-state index >= 15 is 0 Å². The number of ether oxygens (including phenoxy) is 1. The van der Waals surface area contributed by atoms with Gasteiger partial charge in [-0.05, 0) is 30.2 Å².